The minimum absolute atomic E-state index is 0.0705. The molecule has 5 rings (SSSR count). The summed E-state index contributed by atoms with van der Waals surface area (Å²) in [7, 11) is 0. The second kappa shape index (κ2) is 8.09. The maximum Gasteiger partial charge on any atom is 0.330 e. The average Bonchev–Trinajstić information content (AvgIpc) is 3.24. The van der Waals surface area contributed by atoms with Crippen molar-refractivity contribution >= 4 is 34.8 Å². The molecular weight excluding hydrogens is 416 g/mol. The molecule has 0 spiro atoms. The summed E-state index contributed by atoms with van der Waals surface area (Å²) < 4.78 is 5.48. The quantitative estimate of drug-likeness (QED) is 0.729. The van der Waals surface area contributed by atoms with E-state index >= 15 is 0 Å². The molecule has 8 nitrogen and oxygen atoms in total. The minimum atomic E-state index is -0.0907. The summed E-state index contributed by atoms with van der Waals surface area (Å²) >= 11 is 6.00. The number of carbonyl (C=O) groups is 1. The first kappa shape index (κ1) is 20.2. The number of hydrogen-bond acceptors (Lipinski definition) is 6. The summed E-state index contributed by atoms with van der Waals surface area (Å²) in [6, 6.07) is 5.66. The number of aliphatic imine (C=N–C) groups is 1. The molecule has 31 heavy (non-hydrogen) atoms. The van der Waals surface area contributed by atoms with Crippen molar-refractivity contribution in [1.82, 2.24) is 14.9 Å². The number of carbonyl (C=O) groups excluding carboxylic acids is 1. The van der Waals surface area contributed by atoms with Crippen LogP contribution in [-0.2, 0) is 11.3 Å². The second-order valence-electron chi connectivity index (χ2n) is 8.37. The molecule has 3 aliphatic heterocycles. The number of rotatable bonds is 4. The Morgan fingerprint density at radius 2 is 2.00 bits per heavy atom. The first-order valence-corrected chi connectivity index (χ1v) is 11.0. The van der Waals surface area contributed by atoms with Crippen LogP contribution in [-0.4, -0.2) is 65.6 Å². The Bertz CT molecular complexity index is 1020. The van der Waals surface area contributed by atoms with Gasteiger partial charge < -0.3 is 9.64 Å². The smallest absolute Gasteiger partial charge is 0.330 e. The van der Waals surface area contributed by atoms with Gasteiger partial charge in [0.1, 0.15) is 5.69 Å². The van der Waals surface area contributed by atoms with E-state index in [9.17, 15) is 4.79 Å². The van der Waals surface area contributed by atoms with Crippen molar-refractivity contribution in [3.05, 3.63) is 47.0 Å². The third-order valence-electron chi connectivity index (χ3n) is 5.99. The lowest BCUT2D eigenvalue weighted by Gasteiger charge is -2.36. The largest absolute Gasteiger partial charge is 0.378 e. The zero-order valence-corrected chi connectivity index (χ0v) is 18.4. The molecule has 0 aromatic carbocycles. The number of amides is 2. The van der Waals surface area contributed by atoms with Gasteiger partial charge in [0.15, 0.2) is 5.84 Å². The summed E-state index contributed by atoms with van der Waals surface area (Å²) in [5.74, 6) is 1.01. The molecule has 2 amide bonds. The van der Waals surface area contributed by atoms with Crippen molar-refractivity contribution < 1.29 is 9.53 Å². The highest BCUT2D eigenvalue weighted by molar-refractivity contribution is 6.30. The number of ether oxygens (including phenoxy) is 1. The van der Waals surface area contributed by atoms with Crippen molar-refractivity contribution in [2.75, 3.05) is 42.6 Å². The number of fused-ring (bicyclic) bond motifs is 3. The number of hydrogen-bond donors (Lipinski definition) is 0. The highest BCUT2D eigenvalue weighted by atomic mass is 35.5. The van der Waals surface area contributed by atoms with Crippen LogP contribution in [0.2, 0.25) is 5.02 Å². The first-order valence-electron chi connectivity index (χ1n) is 10.6. The van der Waals surface area contributed by atoms with Gasteiger partial charge in [-0.25, -0.2) is 9.78 Å². The number of amidine groups is 1. The van der Waals surface area contributed by atoms with Gasteiger partial charge in [0, 0.05) is 19.3 Å². The predicted molar refractivity (Wildman–Crippen MR) is 120 cm³/mol. The summed E-state index contributed by atoms with van der Waals surface area (Å²) in [6.07, 6.45) is 3.48. The number of morpholine rings is 1. The number of urea groups is 1. The molecule has 1 atom stereocenters. The topological polar surface area (TPSA) is 74.2 Å². The predicted octanol–water partition coefficient (Wildman–Crippen LogP) is 3.19. The average molecular weight is 441 g/mol. The fraction of sp³-hybridized carbons (Fsp3) is 0.455. The Morgan fingerprint density at radius 1 is 1.19 bits per heavy atom. The van der Waals surface area contributed by atoms with Gasteiger partial charge in [-0.1, -0.05) is 25.4 Å². The molecule has 1 fully saturated rings. The van der Waals surface area contributed by atoms with Gasteiger partial charge in [0.2, 0.25) is 0 Å². The molecule has 2 aromatic rings. The molecule has 0 N–H and O–H groups in total. The van der Waals surface area contributed by atoms with Gasteiger partial charge in [-0.05, 0) is 24.1 Å². The van der Waals surface area contributed by atoms with E-state index in [4.69, 9.17) is 26.3 Å². The van der Waals surface area contributed by atoms with Crippen molar-refractivity contribution in [2.24, 2.45) is 10.9 Å². The van der Waals surface area contributed by atoms with Crippen molar-refractivity contribution in [3.8, 4) is 0 Å². The monoisotopic (exact) mass is 440 g/mol. The molecule has 5 heterocycles. The van der Waals surface area contributed by atoms with E-state index in [1.165, 1.54) is 0 Å². The van der Waals surface area contributed by atoms with Crippen molar-refractivity contribution in [2.45, 2.75) is 26.4 Å². The van der Waals surface area contributed by atoms with Crippen LogP contribution in [0.3, 0.4) is 0 Å². The van der Waals surface area contributed by atoms with Crippen LogP contribution in [0.25, 0.3) is 0 Å². The van der Waals surface area contributed by atoms with Crippen molar-refractivity contribution in [1.29, 1.82) is 0 Å². The molecule has 162 valence electrons. The standard InChI is InChI=1S/C22H25ClN6O2/c1-14(2)18-13-29-21(26-18)20-19(9-17(11-25-20)27-5-7-31-8-6-27)28(22(29)30)12-16-4-3-15(23)10-24-16/h3-4,9-11,14,18H,5-8,12-13H2,1-2H3. The maximum atomic E-state index is 13.6. The van der Waals surface area contributed by atoms with Crippen LogP contribution >= 0.6 is 11.6 Å². The second-order valence-corrected chi connectivity index (χ2v) is 8.81. The lowest BCUT2D eigenvalue weighted by Crippen LogP contribution is -2.50. The number of aromatic nitrogens is 2. The molecule has 1 unspecified atom stereocenters. The van der Waals surface area contributed by atoms with Crippen LogP contribution in [0.5, 0.6) is 0 Å². The maximum absolute atomic E-state index is 13.6. The van der Waals surface area contributed by atoms with E-state index in [-0.39, 0.29) is 12.1 Å². The molecule has 0 radical (unpaired) electrons. The van der Waals surface area contributed by atoms with E-state index in [1.54, 1.807) is 22.1 Å². The molecule has 0 saturated carbocycles. The van der Waals surface area contributed by atoms with Crippen LogP contribution in [0, 0.1) is 5.92 Å². The molecule has 9 heteroatoms. The van der Waals surface area contributed by atoms with Crippen molar-refractivity contribution in [3.63, 3.8) is 0 Å². The van der Waals surface area contributed by atoms with Crippen LogP contribution < -0.4 is 9.80 Å². The Balaban J connectivity index is 1.56. The number of nitrogens with zero attached hydrogens (tertiary/aromatic N) is 6. The van der Waals surface area contributed by atoms with E-state index in [1.807, 2.05) is 18.3 Å². The fourth-order valence-electron chi connectivity index (χ4n) is 4.14. The summed E-state index contributed by atoms with van der Waals surface area (Å²) in [5, 5.41) is 0.569. The minimum Gasteiger partial charge on any atom is -0.378 e. The van der Waals surface area contributed by atoms with Gasteiger partial charge >= 0.3 is 6.03 Å². The lowest BCUT2D eigenvalue weighted by atomic mass is 10.1. The summed E-state index contributed by atoms with van der Waals surface area (Å²) in [6.45, 7) is 8.14. The Labute approximate surface area is 186 Å². The zero-order chi connectivity index (χ0) is 21.5. The van der Waals surface area contributed by atoms with Crippen LogP contribution in [0.1, 0.15) is 25.2 Å². The van der Waals surface area contributed by atoms with E-state index in [0.29, 0.717) is 43.1 Å². The fourth-order valence-corrected chi connectivity index (χ4v) is 4.25. The molecule has 1 saturated heterocycles. The van der Waals surface area contributed by atoms with Gasteiger partial charge in [-0.3, -0.25) is 19.8 Å². The number of halogens is 1. The van der Waals surface area contributed by atoms with Gasteiger partial charge in [-0.15, -0.1) is 0 Å². The molecule has 0 bridgehead atoms. The Morgan fingerprint density at radius 3 is 2.71 bits per heavy atom. The molecule has 2 aromatic heterocycles. The lowest BCUT2D eigenvalue weighted by molar-refractivity contribution is 0.122. The van der Waals surface area contributed by atoms with E-state index in [2.05, 4.69) is 23.7 Å². The third-order valence-corrected chi connectivity index (χ3v) is 6.21. The molecular formula is C22H25ClN6O2. The molecule has 0 aliphatic carbocycles. The number of anilines is 2. The highest BCUT2D eigenvalue weighted by Gasteiger charge is 2.42. The number of pyridine rings is 2. The normalized spacial score (nSPS) is 20.8. The van der Waals surface area contributed by atoms with Gasteiger partial charge in [-0.2, -0.15) is 0 Å². The van der Waals surface area contributed by atoms with Gasteiger partial charge in [0.05, 0.1) is 60.6 Å². The molecule has 3 aliphatic rings. The van der Waals surface area contributed by atoms with Crippen LogP contribution in [0.4, 0.5) is 16.2 Å². The van der Waals surface area contributed by atoms with Gasteiger partial charge in [0.25, 0.3) is 0 Å². The Hall–Kier alpha value is -2.71. The SMILES string of the molecule is CC(C)C1CN2C(=O)N(Cc3ccc(Cl)cn3)c3cc(N4CCOCC4)cnc3C2=N1. The van der Waals surface area contributed by atoms with Crippen LogP contribution in [0.15, 0.2) is 35.6 Å². The third kappa shape index (κ3) is 3.74. The summed E-state index contributed by atoms with van der Waals surface area (Å²) in [4.78, 5) is 33.3. The Kier molecular flexibility index (Phi) is 5.27. The summed E-state index contributed by atoms with van der Waals surface area (Å²) in [5.41, 5.74) is 3.26. The van der Waals surface area contributed by atoms with E-state index < -0.39 is 0 Å². The zero-order valence-electron chi connectivity index (χ0n) is 17.7. The first-order chi connectivity index (χ1) is 15.0. The highest BCUT2D eigenvalue weighted by Crippen LogP contribution is 2.35. The van der Waals surface area contributed by atoms with E-state index in [0.717, 1.165) is 35.9 Å².